The van der Waals surface area contributed by atoms with Gasteiger partial charge in [0.2, 0.25) is 0 Å². The number of esters is 1. The van der Waals surface area contributed by atoms with Gasteiger partial charge in [0, 0.05) is 12.7 Å². The minimum atomic E-state index is -0.302. The van der Waals surface area contributed by atoms with Gasteiger partial charge in [-0.3, -0.25) is 9.78 Å². The van der Waals surface area contributed by atoms with E-state index in [0.29, 0.717) is 13.2 Å². The maximum atomic E-state index is 11.4. The van der Waals surface area contributed by atoms with E-state index in [2.05, 4.69) is 4.98 Å². The van der Waals surface area contributed by atoms with Crippen LogP contribution >= 0.6 is 0 Å². The molecule has 0 aliphatic rings. The Balaban J connectivity index is 2.78. The highest BCUT2D eigenvalue weighted by Gasteiger charge is 2.13. The molecule has 1 aromatic heterocycles. The molecule has 0 atom stereocenters. The van der Waals surface area contributed by atoms with Crippen LogP contribution in [0.3, 0.4) is 0 Å². The lowest BCUT2D eigenvalue weighted by atomic mass is 10.2. The summed E-state index contributed by atoms with van der Waals surface area (Å²) in [6.45, 7) is 4.48. The molecule has 1 aromatic rings. The molecule has 0 saturated carbocycles. The number of hydrogen-bond donors (Lipinski definition) is 1. The van der Waals surface area contributed by atoms with Crippen LogP contribution in [0.25, 0.3) is 0 Å². The molecule has 0 radical (unpaired) electrons. The van der Waals surface area contributed by atoms with Gasteiger partial charge >= 0.3 is 5.97 Å². The Bertz CT molecular complexity index is 369. The van der Waals surface area contributed by atoms with E-state index in [1.165, 1.54) is 0 Å². The van der Waals surface area contributed by atoms with Gasteiger partial charge in [-0.15, -0.1) is 0 Å². The van der Waals surface area contributed by atoms with Crippen molar-refractivity contribution in [3.63, 3.8) is 0 Å². The SMILES string of the molecule is CCOC(=O)CN(CCO)c1cccnc1C. The van der Waals surface area contributed by atoms with E-state index in [4.69, 9.17) is 9.84 Å². The van der Waals surface area contributed by atoms with Gasteiger partial charge in [0.25, 0.3) is 0 Å². The molecular formula is C12H18N2O3. The normalized spacial score (nSPS) is 10.1. The summed E-state index contributed by atoms with van der Waals surface area (Å²) < 4.78 is 4.90. The summed E-state index contributed by atoms with van der Waals surface area (Å²) in [5, 5.41) is 9.02. The number of hydrogen-bond acceptors (Lipinski definition) is 5. The average Bonchev–Trinajstić information content (AvgIpc) is 2.29. The van der Waals surface area contributed by atoms with Crippen LogP contribution in [0.5, 0.6) is 0 Å². The van der Waals surface area contributed by atoms with Gasteiger partial charge < -0.3 is 14.7 Å². The van der Waals surface area contributed by atoms with Crippen LogP contribution in [-0.2, 0) is 9.53 Å². The zero-order valence-corrected chi connectivity index (χ0v) is 10.2. The fraction of sp³-hybridized carbons (Fsp3) is 0.500. The van der Waals surface area contributed by atoms with Crippen molar-refractivity contribution in [3.05, 3.63) is 24.0 Å². The molecule has 0 unspecified atom stereocenters. The number of pyridine rings is 1. The predicted molar refractivity (Wildman–Crippen MR) is 64.9 cm³/mol. The molecule has 5 nitrogen and oxygen atoms in total. The Labute approximate surface area is 101 Å². The third kappa shape index (κ3) is 4.03. The highest BCUT2D eigenvalue weighted by atomic mass is 16.5. The highest BCUT2D eigenvalue weighted by molar-refractivity contribution is 5.76. The Morgan fingerprint density at radius 1 is 1.59 bits per heavy atom. The zero-order chi connectivity index (χ0) is 12.7. The summed E-state index contributed by atoms with van der Waals surface area (Å²) in [6, 6.07) is 3.68. The monoisotopic (exact) mass is 238 g/mol. The third-order valence-corrected chi connectivity index (χ3v) is 2.31. The van der Waals surface area contributed by atoms with Gasteiger partial charge in [0.05, 0.1) is 24.6 Å². The van der Waals surface area contributed by atoms with Gasteiger partial charge in [0.15, 0.2) is 0 Å². The van der Waals surface area contributed by atoms with Crippen molar-refractivity contribution in [1.29, 1.82) is 0 Å². The van der Waals surface area contributed by atoms with Crippen molar-refractivity contribution in [2.45, 2.75) is 13.8 Å². The van der Waals surface area contributed by atoms with Crippen LogP contribution in [0.1, 0.15) is 12.6 Å². The molecule has 5 heteroatoms. The lowest BCUT2D eigenvalue weighted by Gasteiger charge is -2.23. The van der Waals surface area contributed by atoms with Crippen LogP contribution in [0, 0.1) is 6.92 Å². The summed E-state index contributed by atoms with van der Waals surface area (Å²) in [6.07, 6.45) is 1.69. The first-order valence-corrected chi connectivity index (χ1v) is 5.62. The number of ether oxygens (including phenoxy) is 1. The van der Waals surface area contributed by atoms with E-state index in [1.54, 1.807) is 24.1 Å². The summed E-state index contributed by atoms with van der Waals surface area (Å²) in [5.41, 5.74) is 1.67. The molecule has 0 aromatic carbocycles. The van der Waals surface area contributed by atoms with Crippen molar-refractivity contribution in [2.24, 2.45) is 0 Å². The number of carbonyl (C=O) groups is 1. The molecule has 0 aliphatic carbocycles. The zero-order valence-electron chi connectivity index (χ0n) is 10.2. The van der Waals surface area contributed by atoms with E-state index in [0.717, 1.165) is 11.4 Å². The Hall–Kier alpha value is -1.62. The van der Waals surface area contributed by atoms with Gasteiger partial charge in [-0.25, -0.2) is 0 Å². The van der Waals surface area contributed by atoms with E-state index < -0.39 is 0 Å². The first kappa shape index (κ1) is 13.4. The summed E-state index contributed by atoms with van der Waals surface area (Å²) in [4.78, 5) is 17.4. The van der Waals surface area contributed by atoms with Crippen LogP contribution in [0.4, 0.5) is 5.69 Å². The molecule has 0 amide bonds. The lowest BCUT2D eigenvalue weighted by molar-refractivity contribution is -0.141. The quantitative estimate of drug-likeness (QED) is 0.741. The van der Waals surface area contributed by atoms with E-state index in [-0.39, 0.29) is 19.1 Å². The maximum absolute atomic E-state index is 11.4. The third-order valence-electron chi connectivity index (χ3n) is 2.31. The molecule has 0 spiro atoms. The van der Waals surface area contributed by atoms with Crippen LogP contribution in [0.2, 0.25) is 0 Å². The number of aliphatic hydroxyl groups is 1. The number of aliphatic hydroxyl groups excluding tert-OH is 1. The van der Waals surface area contributed by atoms with Crippen molar-refractivity contribution in [1.82, 2.24) is 4.98 Å². The van der Waals surface area contributed by atoms with E-state index >= 15 is 0 Å². The lowest BCUT2D eigenvalue weighted by Crippen LogP contribution is -2.34. The molecule has 17 heavy (non-hydrogen) atoms. The Morgan fingerprint density at radius 2 is 2.35 bits per heavy atom. The second-order valence-corrected chi connectivity index (χ2v) is 3.56. The first-order chi connectivity index (χ1) is 8.19. The molecule has 1 heterocycles. The topological polar surface area (TPSA) is 62.7 Å². The Morgan fingerprint density at radius 3 is 2.94 bits per heavy atom. The molecule has 1 rings (SSSR count). The molecular weight excluding hydrogens is 220 g/mol. The van der Waals surface area contributed by atoms with Gasteiger partial charge in [-0.2, -0.15) is 0 Å². The summed E-state index contributed by atoms with van der Waals surface area (Å²) in [5.74, 6) is -0.302. The van der Waals surface area contributed by atoms with E-state index in [1.807, 2.05) is 13.0 Å². The van der Waals surface area contributed by atoms with Crippen molar-refractivity contribution >= 4 is 11.7 Å². The highest BCUT2D eigenvalue weighted by Crippen LogP contribution is 2.16. The molecule has 94 valence electrons. The fourth-order valence-electron chi connectivity index (χ4n) is 1.58. The second-order valence-electron chi connectivity index (χ2n) is 3.56. The van der Waals surface area contributed by atoms with Crippen LogP contribution in [-0.4, -0.2) is 42.4 Å². The number of nitrogens with zero attached hydrogens (tertiary/aromatic N) is 2. The van der Waals surface area contributed by atoms with Gasteiger partial charge in [-0.05, 0) is 26.0 Å². The minimum Gasteiger partial charge on any atom is -0.465 e. The molecule has 0 aliphatic heterocycles. The standard InChI is InChI=1S/C12H18N2O3/c1-3-17-12(16)9-14(7-8-15)11-5-4-6-13-10(11)2/h4-6,15H,3,7-9H2,1-2H3. The average molecular weight is 238 g/mol. The largest absolute Gasteiger partial charge is 0.465 e. The van der Waals surface area contributed by atoms with Crippen molar-refractivity contribution in [3.8, 4) is 0 Å². The molecule has 0 saturated heterocycles. The van der Waals surface area contributed by atoms with Crippen LogP contribution in [0.15, 0.2) is 18.3 Å². The number of aromatic nitrogens is 1. The predicted octanol–water partition coefficient (Wildman–Crippen LogP) is 0.752. The number of anilines is 1. The number of aryl methyl sites for hydroxylation is 1. The molecule has 0 fully saturated rings. The smallest absolute Gasteiger partial charge is 0.325 e. The van der Waals surface area contributed by atoms with Gasteiger partial charge in [-0.1, -0.05) is 0 Å². The van der Waals surface area contributed by atoms with Gasteiger partial charge in [0.1, 0.15) is 6.54 Å². The number of rotatable bonds is 6. The molecule has 1 N–H and O–H groups in total. The first-order valence-electron chi connectivity index (χ1n) is 5.62. The summed E-state index contributed by atoms with van der Waals surface area (Å²) in [7, 11) is 0. The van der Waals surface area contributed by atoms with Crippen molar-refractivity contribution < 1.29 is 14.6 Å². The Kier molecular flexibility index (Phi) is 5.42. The van der Waals surface area contributed by atoms with E-state index in [9.17, 15) is 4.79 Å². The minimum absolute atomic E-state index is 0.0201. The van der Waals surface area contributed by atoms with Crippen LogP contribution < -0.4 is 4.90 Å². The number of carbonyl (C=O) groups excluding carboxylic acids is 1. The van der Waals surface area contributed by atoms with Crippen molar-refractivity contribution in [2.75, 3.05) is 31.2 Å². The summed E-state index contributed by atoms with van der Waals surface area (Å²) >= 11 is 0. The maximum Gasteiger partial charge on any atom is 0.325 e. The second kappa shape index (κ2) is 6.85. The molecule has 0 bridgehead atoms. The fourth-order valence-corrected chi connectivity index (χ4v) is 1.58.